The minimum atomic E-state index is -0.315. The van der Waals surface area contributed by atoms with Crippen LogP contribution < -0.4 is 15.5 Å². The molecule has 3 rings (SSSR count). The second-order valence-electron chi connectivity index (χ2n) is 6.93. The van der Waals surface area contributed by atoms with Crippen LogP contribution in [0.4, 0.5) is 11.4 Å². The van der Waals surface area contributed by atoms with Gasteiger partial charge >= 0.3 is 0 Å². The van der Waals surface area contributed by atoms with Gasteiger partial charge in [-0.05, 0) is 56.5 Å². The molecule has 0 radical (unpaired) electrons. The van der Waals surface area contributed by atoms with E-state index in [1.807, 2.05) is 38.1 Å². The normalized spacial score (nSPS) is 13.5. The average molecular weight is 386 g/mol. The van der Waals surface area contributed by atoms with Gasteiger partial charge in [0.05, 0.1) is 22.8 Å². The van der Waals surface area contributed by atoms with Gasteiger partial charge in [-0.25, -0.2) is 0 Å². The second-order valence-corrected chi connectivity index (χ2v) is 7.34. The molecular formula is C21H24ClN3O2. The highest BCUT2D eigenvalue weighted by molar-refractivity contribution is 6.33. The van der Waals surface area contributed by atoms with Crippen molar-refractivity contribution >= 4 is 34.8 Å². The Morgan fingerprint density at radius 1 is 1.04 bits per heavy atom. The first kappa shape index (κ1) is 19.2. The molecule has 0 spiro atoms. The fourth-order valence-corrected chi connectivity index (χ4v) is 3.52. The second kappa shape index (κ2) is 8.44. The first-order valence-electron chi connectivity index (χ1n) is 9.14. The third-order valence-corrected chi connectivity index (χ3v) is 4.96. The molecule has 0 bridgehead atoms. The highest BCUT2D eigenvalue weighted by Crippen LogP contribution is 2.26. The molecule has 0 aromatic heterocycles. The third-order valence-electron chi connectivity index (χ3n) is 4.65. The van der Waals surface area contributed by atoms with E-state index in [0.29, 0.717) is 16.3 Å². The molecule has 6 heteroatoms. The standard InChI is InChI=1S/C21H24ClN3O2/c1-14-6-8-19(25-9-3-4-10-25)16(11-14)21(27)23-13-20(26)24-18-7-5-15(2)12-17(18)22/h5-8,11-12H,3-4,9-10,13H2,1-2H3,(H,23,27)(H,24,26). The molecule has 1 aliphatic heterocycles. The summed E-state index contributed by atoms with van der Waals surface area (Å²) in [6.07, 6.45) is 2.27. The number of nitrogens with zero attached hydrogens (tertiary/aromatic N) is 1. The maximum absolute atomic E-state index is 12.7. The van der Waals surface area contributed by atoms with Crippen LogP contribution in [-0.4, -0.2) is 31.4 Å². The number of amides is 2. The van der Waals surface area contributed by atoms with Crippen LogP contribution in [0.2, 0.25) is 5.02 Å². The Bertz CT molecular complexity index is 861. The smallest absolute Gasteiger partial charge is 0.253 e. The molecule has 0 aliphatic carbocycles. The summed E-state index contributed by atoms with van der Waals surface area (Å²) >= 11 is 6.14. The molecule has 0 saturated carbocycles. The van der Waals surface area contributed by atoms with Gasteiger partial charge in [0.15, 0.2) is 0 Å². The summed E-state index contributed by atoms with van der Waals surface area (Å²) in [5, 5.41) is 5.93. The van der Waals surface area contributed by atoms with E-state index in [0.717, 1.165) is 42.7 Å². The van der Waals surface area contributed by atoms with Crippen LogP contribution in [0.25, 0.3) is 0 Å². The van der Waals surface area contributed by atoms with Crippen molar-refractivity contribution in [3.63, 3.8) is 0 Å². The molecule has 0 unspecified atom stereocenters. The first-order chi connectivity index (χ1) is 12.9. The fourth-order valence-electron chi connectivity index (χ4n) is 3.24. The summed E-state index contributed by atoms with van der Waals surface area (Å²) in [7, 11) is 0. The van der Waals surface area contributed by atoms with Crippen LogP contribution in [0.1, 0.15) is 34.3 Å². The highest BCUT2D eigenvalue weighted by atomic mass is 35.5. The quantitative estimate of drug-likeness (QED) is 0.819. The Labute approximate surface area is 164 Å². The van der Waals surface area contributed by atoms with Gasteiger partial charge in [0, 0.05) is 18.8 Å². The van der Waals surface area contributed by atoms with Crippen LogP contribution in [0.3, 0.4) is 0 Å². The van der Waals surface area contributed by atoms with Gasteiger partial charge in [0.1, 0.15) is 0 Å². The molecule has 5 nitrogen and oxygen atoms in total. The van der Waals surface area contributed by atoms with Gasteiger partial charge in [0.25, 0.3) is 5.91 Å². The van der Waals surface area contributed by atoms with E-state index in [2.05, 4.69) is 15.5 Å². The van der Waals surface area contributed by atoms with Crippen LogP contribution in [0.5, 0.6) is 0 Å². The number of carbonyl (C=O) groups is 2. The lowest BCUT2D eigenvalue weighted by Gasteiger charge is -2.21. The van der Waals surface area contributed by atoms with E-state index in [4.69, 9.17) is 11.6 Å². The highest BCUT2D eigenvalue weighted by Gasteiger charge is 2.20. The van der Waals surface area contributed by atoms with E-state index in [-0.39, 0.29) is 18.4 Å². The van der Waals surface area contributed by atoms with Crippen molar-refractivity contribution in [2.75, 3.05) is 29.9 Å². The molecule has 27 heavy (non-hydrogen) atoms. The molecule has 2 amide bonds. The van der Waals surface area contributed by atoms with E-state index >= 15 is 0 Å². The Morgan fingerprint density at radius 3 is 2.41 bits per heavy atom. The number of benzene rings is 2. The minimum absolute atomic E-state index is 0.115. The van der Waals surface area contributed by atoms with E-state index < -0.39 is 0 Å². The molecule has 2 aromatic rings. The number of aryl methyl sites for hydroxylation is 2. The molecule has 2 aromatic carbocycles. The summed E-state index contributed by atoms with van der Waals surface area (Å²) < 4.78 is 0. The van der Waals surface area contributed by atoms with Crippen molar-refractivity contribution in [2.45, 2.75) is 26.7 Å². The predicted octanol–water partition coefficient (Wildman–Crippen LogP) is 3.93. The summed E-state index contributed by atoms with van der Waals surface area (Å²) in [6.45, 7) is 5.68. The van der Waals surface area contributed by atoms with Crippen molar-refractivity contribution in [3.05, 3.63) is 58.1 Å². The predicted molar refractivity (Wildman–Crippen MR) is 110 cm³/mol. The average Bonchev–Trinajstić information content (AvgIpc) is 3.16. The zero-order valence-corrected chi connectivity index (χ0v) is 16.4. The summed E-state index contributed by atoms with van der Waals surface area (Å²) in [5.41, 5.74) is 4.10. The molecule has 142 valence electrons. The van der Waals surface area contributed by atoms with Gasteiger partial charge in [0.2, 0.25) is 5.91 Å². The summed E-state index contributed by atoms with van der Waals surface area (Å²) in [4.78, 5) is 27.1. The third kappa shape index (κ3) is 4.80. The van der Waals surface area contributed by atoms with Crippen molar-refractivity contribution in [2.24, 2.45) is 0 Å². The lowest BCUT2D eigenvalue weighted by Crippen LogP contribution is -2.34. The lowest BCUT2D eigenvalue weighted by atomic mass is 10.1. The van der Waals surface area contributed by atoms with Gasteiger partial charge in [-0.3, -0.25) is 9.59 Å². The molecule has 1 saturated heterocycles. The number of hydrogen-bond acceptors (Lipinski definition) is 3. The molecule has 1 heterocycles. The van der Waals surface area contributed by atoms with Crippen molar-refractivity contribution < 1.29 is 9.59 Å². The number of carbonyl (C=O) groups excluding carboxylic acids is 2. The maximum atomic E-state index is 12.7. The molecular weight excluding hydrogens is 362 g/mol. The van der Waals surface area contributed by atoms with E-state index in [1.165, 1.54) is 0 Å². The minimum Gasteiger partial charge on any atom is -0.371 e. The maximum Gasteiger partial charge on any atom is 0.253 e. The SMILES string of the molecule is Cc1ccc(NC(=O)CNC(=O)c2cc(C)ccc2N2CCCC2)c(Cl)c1. The van der Waals surface area contributed by atoms with E-state index in [9.17, 15) is 9.59 Å². The largest absolute Gasteiger partial charge is 0.371 e. The van der Waals surface area contributed by atoms with Gasteiger partial charge in [-0.2, -0.15) is 0 Å². The number of hydrogen-bond donors (Lipinski definition) is 2. The number of halogens is 1. The van der Waals surface area contributed by atoms with E-state index in [1.54, 1.807) is 12.1 Å². The van der Waals surface area contributed by atoms with Gasteiger partial charge in [-0.1, -0.05) is 29.3 Å². The fraction of sp³-hybridized carbons (Fsp3) is 0.333. The number of nitrogens with one attached hydrogen (secondary N) is 2. The number of rotatable bonds is 5. The van der Waals surface area contributed by atoms with Crippen LogP contribution in [-0.2, 0) is 4.79 Å². The Balaban J connectivity index is 1.65. The zero-order chi connectivity index (χ0) is 19.4. The number of anilines is 2. The Hall–Kier alpha value is -2.53. The van der Waals surface area contributed by atoms with Crippen molar-refractivity contribution in [3.8, 4) is 0 Å². The molecule has 1 aliphatic rings. The zero-order valence-electron chi connectivity index (χ0n) is 15.6. The molecule has 2 N–H and O–H groups in total. The Kier molecular flexibility index (Phi) is 6.01. The Morgan fingerprint density at radius 2 is 1.70 bits per heavy atom. The van der Waals surface area contributed by atoms with Crippen molar-refractivity contribution in [1.82, 2.24) is 5.32 Å². The van der Waals surface area contributed by atoms with Crippen LogP contribution in [0, 0.1) is 13.8 Å². The van der Waals surface area contributed by atoms with Crippen LogP contribution >= 0.6 is 11.6 Å². The molecule has 0 atom stereocenters. The summed E-state index contributed by atoms with van der Waals surface area (Å²) in [5.74, 6) is -0.560. The van der Waals surface area contributed by atoms with Gasteiger partial charge < -0.3 is 15.5 Å². The topological polar surface area (TPSA) is 61.4 Å². The van der Waals surface area contributed by atoms with Gasteiger partial charge in [-0.15, -0.1) is 0 Å². The summed E-state index contributed by atoms with van der Waals surface area (Å²) in [6, 6.07) is 11.3. The van der Waals surface area contributed by atoms with Crippen LogP contribution in [0.15, 0.2) is 36.4 Å². The first-order valence-corrected chi connectivity index (χ1v) is 9.51. The lowest BCUT2D eigenvalue weighted by molar-refractivity contribution is -0.115. The van der Waals surface area contributed by atoms with Crippen molar-refractivity contribution in [1.29, 1.82) is 0 Å². The molecule has 1 fully saturated rings. The monoisotopic (exact) mass is 385 g/mol.